The minimum Gasteiger partial charge on any atom is -0.356 e. The van der Waals surface area contributed by atoms with Gasteiger partial charge in [0.1, 0.15) is 0 Å². The first kappa shape index (κ1) is 19.5. The first-order valence-corrected chi connectivity index (χ1v) is 9.14. The Hall–Kier alpha value is -0.790. The summed E-state index contributed by atoms with van der Waals surface area (Å²) in [5, 5.41) is 8.07. The third-order valence-electron chi connectivity index (χ3n) is 5.42. The van der Waals surface area contributed by atoms with Crippen molar-refractivity contribution in [2.75, 3.05) is 26.7 Å². The van der Waals surface area contributed by atoms with Crippen molar-refractivity contribution < 1.29 is 0 Å². The number of fused-ring (bicyclic) bond motifs is 1. The molecule has 2 unspecified atom stereocenters. The van der Waals surface area contributed by atoms with Gasteiger partial charge in [-0.15, -0.1) is 24.0 Å². The van der Waals surface area contributed by atoms with E-state index in [1.54, 1.807) is 0 Å². The highest BCUT2D eigenvalue weighted by molar-refractivity contribution is 14.0. The van der Waals surface area contributed by atoms with Crippen molar-refractivity contribution >= 4 is 29.9 Å². The summed E-state index contributed by atoms with van der Waals surface area (Å²) in [5.74, 6) is 2.89. The van der Waals surface area contributed by atoms with Crippen molar-refractivity contribution in [3.8, 4) is 0 Å². The average molecular weight is 445 g/mol. The number of aliphatic imine (C=N–C) groups is 1. The minimum atomic E-state index is 0. The summed E-state index contributed by atoms with van der Waals surface area (Å²) in [7, 11) is 1.91. The van der Waals surface area contributed by atoms with E-state index in [2.05, 4.69) is 44.9 Å². The fourth-order valence-electron chi connectivity index (χ4n) is 4.24. The predicted molar refractivity (Wildman–Crippen MR) is 110 cm³/mol. The monoisotopic (exact) mass is 445 g/mol. The second kappa shape index (κ2) is 9.06. The molecule has 24 heavy (non-hydrogen) atoms. The number of aromatic nitrogens is 2. The van der Waals surface area contributed by atoms with E-state index in [4.69, 9.17) is 0 Å². The lowest BCUT2D eigenvalue weighted by molar-refractivity contribution is 0.299. The van der Waals surface area contributed by atoms with Gasteiger partial charge in [-0.1, -0.05) is 12.8 Å². The van der Waals surface area contributed by atoms with Crippen LogP contribution in [0.1, 0.15) is 43.5 Å². The summed E-state index contributed by atoms with van der Waals surface area (Å²) in [6.45, 7) is 8.49. The Balaban J connectivity index is 0.00000208. The molecule has 2 fully saturated rings. The maximum absolute atomic E-state index is 4.52. The van der Waals surface area contributed by atoms with E-state index in [1.165, 1.54) is 44.5 Å². The zero-order chi connectivity index (χ0) is 16.2. The number of hydrogen-bond donors (Lipinski definition) is 1. The average Bonchev–Trinajstić information content (AvgIpc) is 3.10. The van der Waals surface area contributed by atoms with E-state index < -0.39 is 0 Å². The summed E-state index contributed by atoms with van der Waals surface area (Å²) in [6, 6.07) is 2.14. The highest BCUT2D eigenvalue weighted by Crippen LogP contribution is 2.35. The minimum absolute atomic E-state index is 0. The summed E-state index contributed by atoms with van der Waals surface area (Å²) in [4.78, 5) is 6.98. The lowest BCUT2D eigenvalue weighted by Crippen LogP contribution is -2.40. The molecule has 136 valence electrons. The molecule has 1 aromatic heterocycles. The smallest absolute Gasteiger partial charge is 0.193 e. The van der Waals surface area contributed by atoms with Crippen LogP contribution in [-0.2, 0) is 6.54 Å². The van der Waals surface area contributed by atoms with Crippen molar-refractivity contribution in [1.29, 1.82) is 0 Å². The third-order valence-corrected chi connectivity index (χ3v) is 5.42. The standard InChI is InChI=1S/C18H31N5.HI/c1-14-11-15(2)23(21-14)10-6-9-20-18(19-3)22-12-16-7-4-5-8-17(16)13-22;/h11,16-17H,4-10,12-13H2,1-3H3,(H,19,20);1H. The molecule has 0 spiro atoms. The molecule has 1 aliphatic heterocycles. The molecule has 6 heteroatoms. The van der Waals surface area contributed by atoms with Gasteiger partial charge in [-0.25, -0.2) is 0 Å². The maximum Gasteiger partial charge on any atom is 0.193 e. The Labute approximate surface area is 163 Å². The van der Waals surface area contributed by atoms with E-state index in [0.717, 1.165) is 43.0 Å². The quantitative estimate of drug-likeness (QED) is 0.335. The van der Waals surface area contributed by atoms with Crippen LogP contribution in [0.4, 0.5) is 0 Å². The molecule has 0 radical (unpaired) electrons. The van der Waals surface area contributed by atoms with Gasteiger partial charge in [0.15, 0.2) is 5.96 Å². The first-order valence-electron chi connectivity index (χ1n) is 9.14. The van der Waals surface area contributed by atoms with Gasteiger partial charge in [0.25, 0.3) is 0 Å². The molecule has 0 aromatic carbocycles. The van der Waals surface area contributed by atoms with Crippen LogP contribution in [0, 0.1) is 25.7 Å². The van der Waals surface area contributed by atoms with Crippen molar-refractivity contribution in [2.24, 2.45) is 16.8 Å². The molecular formula is C18H32IN5. The van der Waals surface area contributed by atoms with Crippen molar-refractivity contribution in [1.82, 2.24) is 20.0 Å². The molecule has 1 saturated heterocycles. The zero-order valence-electron chi connectivity index (χ0n) is 15.3. The third kappa shape index (κ3) is 4.64. The van der Waals surface area contributed by atoms with Gasteiger partial charge in [-0.3, -0.25) is 9.67 Å². The Bertz CT molecular complexity index is 540. The number of likely N-dealkylation sites (tertiary alicyclic amines) is 1. The van der Waals surface area contributed by atoms with Gasteiger partial charge < -0.3 is 10.2 Å². The molecule has 1 saturated carbocycles. The van der Waals surface area contributed by atoms with Crippen LogP contribution in [0.25, 0.3) is 0 Å². The van der Waals surface area contributed by atoms with E-state index in [-0.39, 0.29) is 24.0 Å². The van der Waals surface area contributed by atoms with E-state index in [1.807, 2.05) is 7.05 Å². The predicted octanol–water partition coefficient (Wildman–Crippen LogP) is 3.21. The highest BCUT2D eigenvalue weighted by atomic mass is 127. The van der Waals surface area contributed by atoms with Gasteiger partial charge in [0.05, 0.1) is 5.69 Å². The molecule has 0 amide bonds. The van der Waals surface area contributed by atoms with Crippen LogP contribution in [0.2, 0.25) is 0 Å². The lowest BCUT2D eigenvalue weighted by Gasteiger charge is -2.22. The lowest BCUT2D eigenvalue weighted by atomic mass is 9.82. The number of rotatable bonds is 4. The summed E-state index contributed by atoms with van der Waals surface area (Å²) in [5.41, 5.74) is 2.35. The number of aryl methyl sites for hydroxylation is 3. The summed E-state index contributed by atoms with van der Waals surface area (Å²) in [6.07, 6.45) is 6.74. The Morgan fingerprint density at radius 2 is 1.92 bits per heavy atom. The number of guanidine groups is 1. The van der Waals surface area contributed by atoms with E-state index in [0.29, 0.717) is 0 Å². The van der Waals surface area contributed by atoms with Crippen molar-refractivity contribution in [2.45, 2.75) is 52.5 Å². The second-order valence-electron chi connectivity index (χ2n) is 7.19. The van der Waals surface area contributed by atoms with Crippen LogP contribution in [0.3, 0.4) is 0 Å². The van der Waals surface area contributed by atoms with Crippen LogP contribution in [0.15, 0.2) is 11.1 Å². The van der Waals surface area contributed by atoms with Gasteiger partial charge >= 0.3 is 0 Å². The van der Waals surface area contributed by atoms with Crippen molar-refractivity contribution in [3.05, 3.63) is 17.5 Å². The number of halogens is 1. The highest BCUT2D eigenvalue weighted by Gasteiger charge is 2.35. The van der Waals surface area contributed by atoms with Gasteiger partial charge in [-0.05, 0) is 51.0 Å². The van der Waals surface area contributed by atoms with Crippen LogP contribution < -0.4 is 5.32 Å². The molecular weight excluding hydrogens is 413 g/mol. The first-order chi connectivity index (χ1) is 11.2. The van der Waals surface area contributed by atoms with E-state index in [9.17, 15) is 0 Å². The van der Waals surface area contributed by atoms with Crippen LogP contribution in [-0.4, -0.2) is 47.3 Å². The van der Waals surface area contributed by atoms with Gasteiger partial charge in [-0.2, -0.15) is 5.10 Å². The van der Waals surface area contributed by atoms with Gasteiger partial charge in [0, 0.05) is 38.9 Å². The maximum atomic E-state index is 4.52. The van der Waals surface area contributed by atoms with Crippen LogP contribution >= 0.6 is 24.0 Å². The molecule has 1 aromatic rings. The normalized spacial score (nSPS) is 23.8. The summed E-state index contributed by atoms with van der Waals surface area (Å²) < 4.78 is 2.10. The van der Waals surface area contributed by atoms with Crippen molar-refractivity contribution in [3.63, 3.8) is 0 Å². The van der Waals surface area contributed by atoms with Crippen LogP contribution in [0.5, 0.6) is 0 Å². The Kier molecular flexibility index (Phi) is 7.37. The van der Waals surface area contributed by atoms with E-state index >= 15 is 0 Å². The molecule has 1 N–H and O–H groups in total. The SMILES string of the molecule is CN=C(NCCCn1nc(C)cc1C)N1CC2CCCCC2C1.I. The van der Waals surface area contributed by atoms with Gasteiger partial charge in [0.2, 0.25) is 0 Å². The fourth-order valence-corrected chi connectivity index (χ4v) is 4.24. The molecule has 0 bridgehead atoms. The second-order valence-corrected chi connectivity index (χ2v) is 7.19. The molecule has 1 aliphatic carbocycles. The molecule has 5 nitrogen and oxygen atoms in total. The Morgan fingerprint density at radius 3 is 2.46 bits per heavy atom. The Morgan fingerprint density at radius 1 is 1.25 bits per heavy atom. The number of nitrogens with zero attached hydrogens (tertiary/aromatic N) is 4. The molecule has 2 atom stereocenters. The zero-order valence-corrected chi connectivity index (χ0v) is 17.6. The molecule has 3 rings (SSSR count). The largest absolute Gasteiger partial charge is 0.356 e. The summed E-state index contributed by atoms with van der Waals surface area (Å²) >= 11 is 0. The molecule has 2 heterocycles. The fraction of sp³-hybridized carbons (Fsp3) is 0.778. The molecule has 2 aliphatic rings. The number of nitrogens with one attached hydrogen (secondary N) is 1. The topological polar surface area (TPSA) is 45.5 Å². The number of hydrogen-bond acceptors (Lipinski definition) is 2.